The molecule has 0 fully saturated rings. The average molecular weight is 317 g/mol. The Labute approximate surface area is 128 Å². The smallest absolute Gasteiger partial charge is 0.416 e. The second-order valence-electron chi connectivity index (χ2n) is 5.69. The van der Waals surface area contributed by atoms with Crippen LogP contribution < -0.4 is 5.73 Å². The molecule has 0 aliphatic rings. The highest BCUT2D eigenvalue weighted by Crippen LogP contribution is 2.33. The SMILES string of the molecule is CCC(CC(C)c1cccc(C(F)(F)F)c1)C(N)CC(=O)O. The second-order valence-corrected chi connectivity index (χ2v) is 5.69. The summed E-state index contributed by atoms with van der Waals surface area (Å²) in [5.41, 5.74) is 5.82. The van der Waals surface area contributed by atoms with Crippen LogP contribution in [0.1, 0.15) is 50.2 Å². The quantitative estimate of drug-likeness (QED) is 0.798. The van der Waals surface area contributed by atoms with Gasteiger partial charge in [0.1, 0.15) is 0 Å². The largest absolute Gasteiger partial charge is 0.481 e. The molecule has 3 nitrogen and oxygen atoms in total. The van der Waals surface area contributed by atoms with Crippen LogP contribution in [-0.2, 0) is 11.0 Å². The molecule has 1 rings (SSSR count). The van der Waals surface area contributed by atoms with Crippen LogP contribution in [0, 0.1) is 5.92 Å². The molecule has 0 amide bonds. The van der Waals surface area contributed by atoms with Gasteiger partial charge in [0.05, 0.1) is 12.0 Å². The maximum absolute atomic E-state index is 12.7. The Morgan fingerprint density at radius 2 is 2.00 bits per heavy atom. The van der Waals surface area contributed by atoms with Crippen molar-refractivity contribution in [3.63, 3.8) is 0 Å². The number of halogens is 3. The molecule has 0 bridgehead atoms. The highest BCUT2D eigenvalue weighted by Gasteiger charge is 2.31. The van der Waals surface area contributed by atoms with Crippen molar-refractivity contribution in [3.05, 3.63) is 35.4 Å². The molecule has 6 heteroatoms. The number of alkyl halides is 3. The van der Waals surface area contributed by atoms with Gasteiger partial charge in [-0.1, -0.05) is 38.5 Å². The van der Waals surface area contributed by atoms with E-state index in [-0.39, 0.29) is 18.3 Å². The van der Waals surface area contributed by atoms with E-state index in [4.69, 9.17) is 10.8 Å². The Hall–Kier alpha value is -1.56. The molecule has 3 N–H and O–H groups in total. The zero-order chi connectivity index (χ0) is 16.9. The predicted octanol–water partition coefficient (Wildman–Crippen LogP) is 4.03. The van der Waals surface area contributed by atoms with Crippen molar-refractivity contribution in [2.24, 2.45) is 11.7 Å². The van der Waals surface area contributed by atoms with Crippen LogP contribution in [0.25, 0.3) is 0 Å². The summed E-state index contributed by atoms with van der Waals surface area (Å²) in [5, 5.41) is 8.80. The molecular weight excluding hydrogens is 295 g/mol. The molecule has 0 saturated heterocycles. The summed E-state index contributed by atoms with van der Waals surface area (Å²) in [7, 11) is 0. The van der Waals surface area contributed by atoms with Crippen molar-refractivity contribution in [2.75, 3.05) is 0 Å². The van der Waals surface area contributed by atoms with E-state index in [2.05, 4.69) is 0 Å². The van der Waals surface area contributed by atoms with E-state index in [1.807, 2.05) is 13.8 Å². The molecule has 3 atom stereocenters. The van der Waals surface area contributed by atoms with E-state index in [0.717, 1.165) is 12.1 Å². The maximum Gasteiger partial charge on any atom is 0.416 e. The number of nitrogens with two attached hydrogens (primary N) is 1. The Balaban J connectivity index is 2.82. The average Bonchev–Trinajstić information content (AvgIpc) is 2.42. The molecule has 124 valence electrons. The van der Waals surface area contributed by atoms with Crippen LogP contribution in [0.15, 0.2) is 24.3 Å². The third-order valence-electron chi connectivity index (χ3n) is 3.98. The van der Waals surface area contributed by atoms with Gasteiger partial charge in [-0.15, -0.1) is 0 Å². The van der Waals surface area contributed by atoms with Gasteiger partial charge >= 0.3 is 12.1 Å². The molecule has 0 aromatic heterocycles. The van der Waals surface area contributed by atoms with Gasteiger partial charge in [0.25, 0.3) is 0 Å². The molecular formula is C16H22F3NO2. The lowest BCUT2D eigenvalue weighted by molar-refractivity contribution is -0.138. The first-order valence-corrected chi connectivity index (χ1v) is 7.29. The summed E-state index contributed by atoms with van der Waals surface area (Å²) in [6, 6.07) is 4.77. The highest BCUT2D eigenvalue weighted by molar-refractivity contribution is 5.67. The third-order valence-corrected chi connectivity index (χ3v) is 3.98. The van der Waals surface area contributed by atoms with E-state index in [1.165, 1.54) is 6.07 Å². The summed E-state index contributed by atoms with van der Waals surface area (Å²) >= 11 is 0. The molecule has 1 aromatic rings. The van der Waals surface area contributed by atoms with Gasteiger partial charge < -0.3 is 10.8 Å². The number of benzene rings is 1. The number of hydrogen-bond acceptors (Lipinski definition) is 2. The van der Waals surface area contributed by atoms with E-state index >= 15 is 0 Å². The van der Waals surface area contributed by atoms with Crippen LogP contribution in [0.4, 0.5) is 13.2 Å². The van der Waals surface area contributed by atoms with Gasteiger partial charge in [-0.25, -0.2) is 0 Å². The normalized spacial score (nSPS) is 16.1. The lowest BCUT2D eigenvalue weighted by Gasteiger charge is -2.25. The number of rotatable bonds is 7. The summed E-state index contributed by atoms with van der Waals surface area (Å²) in [6.07, 6.45) is -3.24. The first-order chi connectivity index (χ1) is 10.1. The van der Waals surface area contributed by atoms with Gasteiger partial charge in [-0.2, -0.15) is 13.2 Å². The summed E-state index contributed by atoms with van der Waals surface area (Å²) in [4.78, 5) is 10.7. The Morgan fingerprint density at radius 3 is 2.50 bits per heavy atom. The number of carboxylic acid groups (broad SMARTS) is 1. The third kappa shape index (κ3) is 5.33. The maximum atomic E-state index is 12.7. The van der Waals surface area contributed by atoms with Crippen LogP contribution >= 0.6 is 0 Å². The van der Waals surface area contributed by atoms with Crippen LogP contribution in [0.5, 0.6) is 0 Å². The molecule has 0 spiro atoms. The number of aliphatic carboxylic acids is 1. The lowest BCUT2D eigenvalue weighted by Crippen LogP contribution is -2.33. The topological polar surface area (TPSA) is 63.3 Å². The highest BCUT2D eigenvalue weighted by atomic mass is 19.4. The fourth-order valence-electron chi connectivity index (χ4n) is 2.62. The van der Waals surface area contributed by atoms with Crippen molar-refractivity contribution >= 4 is 5.97 Å². The zero-order valence-corrected chi connectivity index (χ0v) is 12.7. The standard InChI is InChI=1S/C16H22F3NO2/c1-3-11(14(20)9-15(21)22)7-10(2)12-5-4-6-13(8-12)16(17,18)19/h4-6,8,10-11,14H,3,7,9,20H2,1-2H3,(H,21,22). The Bertz CT molecular complexity index is 502. The summed E-state index contributed by atoms with van der Waals surface area (Å²) < 4.78 is 38.2. The minimum Gasteiger partial charge on any atom is -0.481 e. The second kappa shape index (κ2) is 7.63. The van der Waals surface area contributed by atoms with Crippen LogP contribution in [0.3, 0.4) is 0 Å². The van der Waals surface area contributed by atoms with E-state index in [0.29, 0.717) is 18.4 Å². The number of carboxylic acids is 1. The fourth-order valence-corrected chi connectivity index (χ4v) is 2.62. The zero-order valence-electron chi connectivity index (χ0n) is 12.7. The molecule has 22 heavy (non-hydrogen) atoms. The van der Waals surface area contributed by atoms with Crippen molar-refractivity contribution in [1.82, 2.24) is 0 Å². The molecule has 0 heterocycles. The summed E-state index contributed by atoms with van der Waals surface area (Å²) in [5.74, 6) is -1.12. The van der Waals surface area contributed by atoms with Gasteiger partial charge in [0, 0.05) is 6.04 Å². The first kappa shape index (κ1) is 18.5. The molecule has 0 aliphatic carbocycles. The van der Waals surface area contributed by atoms with Crippen molar-refractivity contribution < 1.29 is 23.1 Å². The first-order valence-electron chi connectivity index (χ1n) is 7.29. The molecule has 0 saturated carbocycles. The molecule has 0 radical (unpaired) electrons. The van der Waals surface area contributed by atoms with Gasteiger partial charge in [0.2, 0.25) is 0 Å². The van der Waals surface area contributed by atoms with Crippen LogP contribution in [0.2, 0.25) is 0 Å². The van der Waals surface area contributed by atoms with E-state index in [1.54, 1.807) is 6.07 Å². The van der Waals surface area contributed by atoms with Gasteiger partial charge in [-0.3, -0.25) is 4.79 Å². The Kier molecular flexibility index (Phi) is 6.41. The van der Waals surface area contributed by atoms with Crippen molar-refractivity contribution in [1.29, 1.82) is 0 Å². The predicted molar refractivity (Wildman–Crippen MR) is 78.5 cm³/mol. The van der Waals surface area contributed by atoms with Crippen molar-refractivity contribution in [3.8, 4) is 0 Å². The number of carbonyl (C=O) groups is 1. The van der Waals surface area contributed by atoms with E-state index < -0.39 is 23.8 Å². The van der Waals surface area contributed by atoms with Crippen LogP contribution in [-0.4, -0.2) is 17.1 Å². The number of hydrogen-bond donors (Lipinski definition) is 2. The Morgan fingerprint density at radius 1 is 1.36 bits per heavy atom. The van der Waals surface area contributed by atoms with E-state index in [9.17, 15) is 18.0 Å². The molecule has 0 aliphatic heterocycles. The van der Waals surface area contributed by atoms with Gasteiger partial charge in [-0.05, 0) is 29.9 Å². The van der Waals surface area contributed by atoms with Gasteiger partial charge in [0.15, 0.2) is 0 Å². The molecule has 3 unspecified atom stereocenters. The fraction of sp³-hybridized carbons (Fsp3) is 0.562. The minimum absolute atomic E-state index is 0.0411. The minimum atomic E-state index is -4.36. The summed E-state index contributed by atoms with van der Waals surface area (Å²) in [6.45, 7) is 3.75. The lowest BCUT2D eigenvalue weighted by atomic mass is 9.83. The monoisotopic (exact) mass is 317 g/mol. The van der Waals surface area contributed by atoms with Crippen molar-refractivity contribution in [2.45, 2.75) is 51.2 Å². The molecule has 1 aromatic carbocycles.